The molecule has 0 aliphatic rings. The van der Waals surface area contributed by atoms with Crippen LogP contribution in [0.4, 0.5) is 5.69 Å². The zero-order valence-electron chi connectivity index (χ0n) is 11.2. The molecule has 5 nitrogen and oxygen atoms in total. The molecule has 1 rings (SSSR count). The SMILES string of the molecule is CCNC(=S)Nc1ccc(C(=O)NCCOC)cc1. The predicted molar refractivity (Wildman–Crippen MR) is 80.5 cm³/mol. The van der Waals surface area contributed by atoms with Crippen molar-refractivity contribution in [3.63, 3.8) is 0 Å². The van der Waals surface area contributed by atoms with Gasteiger partial charge in [0.25, 0.3) is 5.91 Å². The van der Waals surface area contributed by atoms with Gasteiger partial charge in [-0.2, -0.15) is 0 Å². The first-order valence-electron chi connectivity index (χ1n) is 6.09. The van der Waals surface area contributed by atoms with Crippen molar-refractivity contribution in [1.29, 1.82) is 0 Å². The van der Waals surface area contributed by atoms with Crippen LogP contribution in [-0.2, 0) is 4.74 Å². The van der Waals surface area contributed by atoms with Gasteiger partial charge in [-0.3, -0.25) is 4.79 Å². The fourth-order valence-corrected chi connectivity index (χ4v) is 1.67. The van der Waals surface area contributed by atoms with Crippen LogP contribution in [0.3, 0.4) is 0 Å². The second-order valence-corrected chi connectivity index (χ2v) is 4.22. The number of anilines is 1. The molecule has 0 aliphatic carbocycles. The highest BCUT2D eigenvalue weighted by atomic mass is 32.1. The third-order valence-electron chi connectivity index (χ3n) is 2.33. The largest absolute Gasteiger partial charge is 0.383 e. The van der Waals surface area contributed by atoms with E-state index in [1.165, 1.54) is 0 Å². The van der Waals surface area contributed by atoms with E-state index in [1.807, 2.05) is 19.1 Å². The number of amides is 1. The molecule has 104 valence electrons. The Hall–Kier alpha value is -1.66. The number of rotatable bonds is 6. The fourth-order valence-electron chi connectivity index (χ4n) is 1.41. The molecule has 0 aromatic heterocycles. The van der Waals surface area contributed by atoms with Crippen molar-refractivity contribution >= 4 is 28.9 Å². The van der Waals surface area contributed by atoms with Crippen molar-refractivity contribution < 1.29 is 9.53 Å². The van der Waals surface area contributed by atoms with E-state index in [2.05, 4.69) is 16.0 Å². The van der Waals surface area contributed by atoms with E-state index >= 15 is 0 Å². The molecule has 0 heterocycles. The summed E-state index contributed by atoms with van der Waals surface area (Å²) in [5.41, 5.74) is 1.45. The summed E-state index contributed by atoms with van der Waals surface area (Å²) in [5, 5.41) is 9.35. The first-order chi connectivity index (χ1) is 9.17. The first-order valence-corrected chi connectivity index (χ1v) is 6.50. The summed E-state index contributed by atoms with van der Waals surface area (Å²) in [5.74, 6) is -0.113. The highest BCUT2D eigenvalue weighted by Gasteiger charge is 2.04. The maximum Gasteiger partial charge on any atom is 0.251 e. The molecule has 3 N–H and O–H groups in total. The molecule has 19 heavy (non-hydrogen) atoms. The van der Waals surface area contributed by atoms with Crippen LogP contribution in [0.15, 0.2) is 24.3 Å². The molecule has 0 saturated carbocycles. The molecule has 0 bridgehead atoms. The molecule has 1 amide bonds. The average Bonchev–Trinajstić information content (AvgIpc) is 2.40. The summed E-state index contributed by atoms with van der Waals surface area (Å²) >= 11 is 5.07. The molecule has 1 aromatic carbocycles. The summed E-state index contributed by atoms with van der Waals surface area (Å²) in [6.45, 7) is 3.75. The lowest BCUT2D eigenvalue weighted by atomic mass is 10.2. The lowest BCUT2D eigenvalue weighted by Crippen LogP contribution is -2.28. The Morgan fingerprint density at radius 3 is 2.53 bits per heavy atom. The topological polar surface area (TPSA) is 62.4 Å². The van der Waals surface area contributed by atoms with E-state index in [0.717, 1.165) is 12.2 Å². The van der Waals surface area contributed by atoms with Crippen LogP contribution in [0.2, 0.25) is 0 Å². The third kappa shape index (κ3) is 5.67. The standard InChI is InChI=1S/C13H19N3O2S/c1-3-14-13(19)16-11-6-4-10(5-7-11)12(17)15-8-9-18-2/h4-7H,3,8-9H2,1-2H3,(H,15,17)(H2,14,16,19). The van der Waals surface area contributed by atoms with E-state index < -0.39 is 0 Å². The van der Waals surface area contributed by atoms with Crippen LogP contribution in [0.25, 0.3) is 0 Å². The molecule has 0 aliphatic heterocycles. The Balaban J connectivity index is 2.51. The third-order valence-corrected chi connectivity index (χ3v) is 2.58. The second kappa shape index (κ2) is 8.44. The number of hydrogen-bond acceptors (Lipinski definition) is 3. The number of ether oxygens (including phenoxy) is 1. The molecule has 0 fully saturated rings. The number of nitrogens with one attached hydrogen (secondary N) is 3. The van der Waals surface area contributed by atoms with E-state index in [9.17, 15) is 4.79 Å². The van der Waals surface area contributed by atoms with Gasteiger partial charge in [-0.25, -0.2) is 0 Å². The minimum atomic E-state index is -0.113. The summed E-state index contributed by atoms with van der Waals surface area (Å²) < 4.78 is 4.87. The number of hydrogen-bond donors (Lipinski definition) is 3. The Labute approximate surface area is 118 Å². The number of carbonyl (C=O) groups excluding carboxylic acids is 1. The Morgan fingerprint density at radius 1 is 1.26 bits per heavy atom. The Kier molecular flexibility index (Phi) is 6.84. The minimum absolute atomic E-state index is 0.113. The lowest BCUT2D eigenvalue weighted by molar-refractivity contribution is 0.0937. The summed E-state index contributed by atoms with van der Waals surface area (Å²) in [6.07, 6.45) is 0. The van der Waals surface area contributed by atoms with Crippen LogP contribution in [0.5, 0.6) is 0 Å². The van der Waals surface area contributed by atoms with Crippen molar-refractivity contribution in [1.82, 2.24) is 10.6 Å². The van der Waals surface area contributed by atoms with Crippen LogP contribution in [-0.4, -0.2) is 37.8 Å². The van der Waals surface area contributed by atoms with Crippen LogP contribution in [0.1, 0.15) is 17.3 Å². The minimum Gasteiger partial charge on any atom is -0.383 e. The normalized spacial score (nSPS) is 9.79. The van der Waals surface area contributed by atoms with Gasteiger partial charge in [0.1, 0.15) is 0 Å². The zero-order chi connectivity index (χ0) is 14.1. The van der Waals surface area contributed by atoms with Crippen LogP contribution >= 0.6 is 12.2 Å². The Bertz CT molecular complexity index is 420. The molecular formula is C13H19N3O2S. The highest BCUT2D eigenvalue weighted by molar-refractivity contribution is 7.80. The number of methoxy groups -OCH3 is 1. The van der Waals surface area contributed by atoms with Gasteiger partial charge in [-0.15, -0.1) is 0 Å². The van der Waals surface area contributed by atoms with Gasteiger partial charge < -0.3 is 20.7 Å². The highest BCUT2D eigenvalue weighted by Crippen LogP contribution is 2.09. The maximum atomic E-state index is 11.7. The number of thiocarbonyl (C=S) groups is 1. The van der Waals surface area contributed by atoms with Crippen molar-refractivity contribution in [2.75, 3.05) is 32.1 Å². The van der Waals surface area contributed by atoms with Gasteiger partial charge in [0.15, 0.2) is 5.11 Å². The van der Waals surface area contributed by atoms with E-state index in [-0.39, 0.29) is 5.91 Å². The predicted octanol–water partition coefficient (Wildman–Crippen LogP) is 1.37. The van der Waals surface area contributed by atoms with Crippen molar-refractivity contribution in [3.05, 3.63) is 29.8 Å². The van der Waals surface area contributed by atoms with Gasteiger partial charge in [0, 0.05) is 31.5 Å². The molecule has 6 heteroatoms. The van der Waals surface area contributed by atoms with Crippen molar-refractivity contribution in [2.45, 2.75) is 6.92 Å². The molecule has 0 spiro atoms. The molecule has 0 atom stereocenters. The lowest BCUT2D eigenvalue weighted by Gasteiger charge is -2.09. The van der Waals surface area contributed by atoms with Gasteiger partial charge in [0.2, 0.25) is 0 Å². The quantitative estimate of drug-likeness (QED) is 0.543. The van der Waals surface area contributed by atoms with E-state index in [1.54, 1.807) is 19.2 Å². The second-order valence-electron chi connectivity index (χ2n) is 3.81. The summed E-state index contributed by atoms with van der Waals surface area (Å²) in [4.78, 5) is 11.7. The van der Waals surface area contributed by atoms with Gasteiger partial charge in [-0.1, -0.05) is 0 Å². The van der Waals surface area contributed by atoms with Crippen LogP contribution in [0, 0.1) is 0 Å². The number of benzene rings is 1. The average molecular weight is 281 g/mol. The van der Waals surface area contributed by atoms with Gasteiger partial charge in [-0.05, 0) is 43.4 Å². The van der Waals surface area contributed by atoms with Crippen molar-refractivity contribution in [2.24, 2.45) is 0 Å². The van der Waals surface area contributed by atoms with Crippen molar-refractivity contribution in [3.8, 4) is 0 Å². The Morgan fingerprint density at radius 2 is 1.95 bits per heavy atom. The molecule has 0 saturated heterocycles. The number of carbonyl (C=O) groups is 1. The maximum absolute atomic E-state index is 11.7. The van der Waals surface area contributed by atoms with E-state index in [0.29, 0.717) is 23.8 Å². The molecular weight excluding hydrogens is 262 g/mol. The summed E-state index contributed by atoms with van der Waals surface area (Å²) in [6, 6.07) is 7.13. The zero-order valence-corrected chi connectivity index (χ0v) is 12.0. The first kappa shape index (κ1) is 15.4. The van der Waals surface area contributed by atoms with Gasteiger partial charge >= 0.3 is 0 Å². The molecule has 0 unspecified atom stereocenters. The monoisotopic (exact) mass is 281 g/mol. The van der Waals surface area contributed by atoms with Crippen LogP contribution < -0.4 is 16.0 Å². The fraction of sp³-hybridized carbons (Fsp3) is 0.385. The smallest absolute Gasteiger partial charge is 0.251 e. The summed E-state index contributed by atoms with van der Waals surface area (Å²) in [7, 11) is 1.60. The van der Waals surface area contributed by atoms with Gasteiger partial charge in [0.05, 0.1) is 6.61 Å². The van der Waals surface area contributed by atoms with E-state index in [4.69, 9.17) is 17.0 Å². The molecule has 1 aromatic rings. The molecule has 0 radical (unpaired) electrons.